The van der Waals surface area contributed by atoms with Crippen LogP contribution in [0.3, 0.4) is 0 Å². The van der Waals surface area contributed by atoms with Crippen LogP contribution in [0.1, 0.15) is 60.8 Å². The van der Waals surface area contributed by atoms with Gasteiger partial charge in [0.1, 0.15) is 0 Å². The first-order chi connectivity index (χ1) is 8.52. The molecule has 0 saturated heterocycles. The Morgan fingerprint density at radius 3 is 1.89 bits per heavy atom. The van der Waals surface area contributed by atoms with Crippen LogP contribution < -0.4 is 10.6 Å². The Kier molecular flexibility index (Phi) is 7.09. The van der Waals surface area contributed by atoms with E-state index in [0.717, 1.165) is 12.8 Å². The van der Waals surface area contributed by atoms with Gasteiger partial charge in [-0.25, -0.2) is 0 Å². The monoisotopic (exact) mass is 270 g/mol. The Labute approximate surface area is 117 Å². The molecule has 0 aromatic carbocycles. The van der Waals surface area contributed by atoms with Gasteiger partial charge >= 0.3 is 0 Å². The zero-order valence-corrected chi connectivity index (χ0v) is 13.4. The van der Waals surface area contributed by atoms with E-state index in [-0.39, 0.29) is 22.6 Å². The molecule has 19 heavy (non-hydrogen) atoms. The van der Waals surface area contributed by atoms with Gasteiger partial charge in [-0.1, -0.05) is 41.5 Å². The standard InChI is InChI=1S/C15H30N2O2/c1-14(2,3)9-7-8-12(18)16-10-11-17-13(19)15(4,5)6/h7-11H2,1-6H3,(H,16,18)(H,17,19). The molecule has 112 valence electrons. The molecule has 0 aromatic rings. The van der Waals surface area contributed by atoms with Crippen LogP contribution in [0.25, 0.3) is 0 Å². The van der Waals surface area contributed by atoms with Crippen LogP contribution in [0.2, 0.25) is 0 Å². The van der Waals surface area contributed by atoms with Crippen LogP contribution >= 0.6 is 0 Å². The second kappa shape index (κ2) is 7.51. The maximum atomic E-state index is 11.6. The first kappa shape index (κ1) is 17.9. The zero-order chi connectivity index (χ0) is 15.1. The van der Waals surface area contributed by atoms with E-state index >= 15 is 0 Å². The van der Waals surface area contributed by atoms with Crippen LogP contribution in [-0.4, -0.2) is 24.9 Å². The molecule has 0 rings (SSSR count). The fourth-order valence-electron chi connectivity index (χ4n) is 1.51. The molecule has 4 heteroatoms. The van der Waals surface area contributed by atoms with Crippen molar-refractivity contribution < 1.29 is 9.59 Å². The third-order valence-electron chi connectivity index (χ3n) is 2.74. The lowest BCUT2D eigenvalue weighted by atomic mass is 9.90. The molecule has 2 amide bonds. The van der Waals surface area contributed by atoms with Crippen molar-refractivity contribution in [3.8, 4) is 0 Å². The van der Waals surface area contributed by atoms with E-state index in [1.54, 1.807) is 0 Å². The summed E-state index contributed by atoms with van der Waals surface area (Å²) in [5, 5.41) is 5.63. The molecular formula is C15H30N2O2. The minimum atomic E-state index is -0.378. The lowest BCUT2D eigenvalue weighted by Gasteiger charge is -2.18. The number of carbonyl (C=O) groups excluding carboxylic acids is 2. The van der Waals surface area contributed by atoms with E-state index in [0.29, 0.717) is 19.5 Å². The molecule has 0 aliphatic rings. The van der Waals surface area contributed by atoms with Crippen LogP contribution in [-0.2, 0) is 9.59 Å². The van der Waals surface area contributed by atoms with Gasteiger partial charge in [0.2, 0.25) is 11.8 Å². The molecule has 0 saturated carbocycles. The number of rotatable bonds is 6. The van der Waals surface area contributed by atoms with Crippen molar-refractivity contribution in [2.45, 2.75) is 60.8 Å². The number of nitrogens with one attached hydrogen (secondary N) is 2. The molecule has 0 aliphatic heterocycles. The van der Waals surface area contributed by atoms with E-state index in [4.69, 9.17) is 0 Å². The Morgan fingerprint density at radius 2 is 1.42 bits per heavy atom. The highest BCUT2D eigenvalue weighted by atomic mass is 16.2. The van der Waals surface area contributed by atoms with Crippen molar-refractivity contribution in [1.82, 2.24) is 10.6 Å². The Bertz CT molecular complexity index is 298. The molecule has 0 fully saturated rings. The van der Waals surface area contributed by atoms with Gasteiger partial charge in [0.15, 0.2) is 0 Å². The molecule has 0 spiro atoms. The normalized spacial score (nSPS) is 12.1. The Morgan fingerprint density at radius 1 is 0.895 bits per heavy atom. The predicted molar refractivity (Wildman–Crippen MR) is 78.8 cm³/mol. The molecule has 0 bridgehead atoms. The lowest BCUT2D eigenvalue weighted by molar-refractivity contribution is -0.128. The third-order valence-corrected chi connectivity index (χ3v) is 2.74. The van der Waals surface area contributed by atoms with E-state index in [1.807, 2.05) is 20.8 Å². The van der Waals surface area contributed by atoms with Gasteiger partial charge in [0.25, 0.3) is 0 Å². The van der Waals surface area contributed by atoms with Gasteiger partial charge in [-0.3, -0.25) is 9.59 Å². The minimum Gasteiger partial charge on any atom is -0.354 e. The van der Waals surface area contributed by atoms with Crippen molar-refractivity contribution >= 4 is 11.8 Å². The smallest absolute Gasteiger partial charge is 0.225 e. The second-order valence-electron chi connectivity index (χ2n) is 7.27. The summed E-state index contributed by atoms with van der Waals surface area (Å²) in [4.78, 5) is 23.1. The van der Waals surface area contributed by atoms with Gasteiger partial charge in [0, 0.05) is 24.9 Å². The first-order valence-electron chi connectivity index (χ1n) is 7.07. The Balaban J connectivity index is 3.63. The molecule has 0 aliphatic carbocycles. The van der Waals surface area contributed by atoms with E-state index in [9.17, 15) is 9.59 Å². The number of amides is 2. The zero-order valence-electron chi connectivity index (χ0n) is 13.4. The van der Waals surface area contributed by atoms with Gasteiger partial charge in [-0.2, -0.15) is 0 Å². The van der Waals surface area contributed by atoms with Crippen molar-refractivity contribution in [1.29, 1.82) is 0 Å². The molecule has 0 atom stereocenters. The summed E-state index contributed by atoms with van der Waals surface area (Å²) in [6, 6.07) is 0. The maximum absolute atomic E-state index is 11.6. The molecule has 0 unspecified atom stereocenters. The summed E-state index contributed by atoms with van der Waals surface area (Å²) >= 11 is 0. The molecule has 0 aromatic heterocycles. The topological polar surface area (TPSA) is 58.2 Å². The number of carbonyl (C=O) groups is 2. The average molecular weight is 270 g/mol. The van der Waals surface area contributed by atoms with E-state index in [2.05, 4.69) is 31.4 Å². The maximum Gasteiger partial charge on any atom is 0.225 e. The highest BCUT2D eigenvalue weighted by Crippen LogP contribution is 2.21. The minimum absolute atomic E-state index is 0.00878. The highest BCUT2D eigenvalue weighted by Gasteiger charge is 2.20. The van der Waals surface area contributed by atoms with Crippen LogP contribution in [0, 0.1) is 10.8 Å². The number of hydrogen-bond donors (Lipinski definition) is 2. The van der Waals surface area contributed by atoms with Crippen LogP contribution in [0.5, 0.6) is 0 Å². The van der Waals surface area contributed by atoms with Gasteiger partial charge in [-0.05, 0) is 18.3 Å². The summed E-state index contributed by atoms with van der Waals surface area (Å²) in [7, 11) is 0. The van der Waals surface area contributed by atoms with Crippen molar-refractivity contribution in [2.24, 2.45) is 10.8 Å². The summed E-state index contributed by atoms with van der Waals surface area (Å²) in [6.07, 6.45) is 2.51. The SMILES string of the molecule is CC(C)(C)CCCC(=O)NCCNC(=O)C(C)(C)C. The average Bonchev–Trinajstić information content (AvgIpc) is 2.20. The summed E-state index contributed by atoms with van der Waals surface area (Å²) in [5.41, 5.74) is -0.0995. The quantitative estimate of drug-likeness (QED) is 0.728. The van der Waals surface area contributed by atoms with Crippen molar-refractivity contribution in [3.63, 3.8) is 0 Å². The first-order valence-corrected chi connectivity index (χ1v) is 7.07. The fourth-order valence-corrected chi connectivity index (χ4v) is 1.51. The number of hydrogen-bond acceptors (Lipinski definition) is 2. The molecule has 4 nitrogen and oxygen atoms in total. The van der Waals surface area contributed by atoms with Gasteiger partial charge in [0.05, 0.1) is 0 Å². The van der Waals surface area contributed by atoms with Gasteiger partial charge < -0.3 is 10.6 Å². The predicted octanol–water partition coefficient (Wildman–Crippen LogP) is 2.48. The van der Waals surface area contributed by atoms with Gasteiger partial charge in [-0.15, -0.1) is 0 Å². The highest BCUT2D eigenvalue weighted by molar-refractivity contribution is 5.81. The van der Waals surface area contributed by atoms with E-state index in [1.165, 1.54) is 0 Å². The molecule has 0 radical (unpaired) electrons. The summed E-state index contributed by atoms with van der Waals surface area (Å²) in [6.45, 7) is 13.1. The molecule has 0 heterocycles. The van der Waals surface area contributed by atoms with Crippen LogP contribution in [0.15, 0.2) is 0 Å². The van der Waals surface area contributed by atoms with E-state index < -0.39 is 0 Å². The lowest BCUT2D eigenvalue weighted by Crippen LogP contribution is -2.39. The summed E-state index contributed by atoms with van der Waals surface area (Å²) in [5.74, 6) is 0.0729. The second-order valence-corrected chi connectivity index (χ2v) is 7.27. The van der Waals surface area contributed by atoms with Crippen LogP contribution in [0.4, 0.5) is 0 Å². The molecule has 2 N–H and O–H groups in total. The molecular weight excluding hydrogens is 240 g/mol. The van der Waals surface area contributed by atoms with Crippen molar-refractivity contribution in [2.75, 3.05) is 13.1 Å². The largest absolute Gasteiger partial charge is 0.354 e. The third kappa shape index (κ3) is 10.5. The fraction of sp³-hybridized carbons (Fsp3) is 0.867. The summed E-state index contributed by atoms with van der Waals surface area (Å²) < 4.78 is 0. The Hall–Kier alpha value is -1.06. The van der Waals surface area contributed by atoms with Crippen molar-refractivity contribution in [3.05, 3.63) is 0 Å².